The average Bonchev–Trinajstić information content (AvgIpc) is 2.18. The Morgan fingerprint density at radius 1 is 1.78 bits per heavy atom. The lowest BCUT2D eigenvalue weighted by atomic mass is 10.1. The van der Waals surface area contributed by atoms with Gasteiger partial charge in [0.1, 0.15) is 0 Å². The molecule has 0 aromatic heterocycles. The van der Waals surface area contributed by atoms with Crippen molar-refractivity contribution in [3.8, 4) is 0 Å². The van der Waals surface area contributed by atoms with Crippen molar-refractivity contribution >= 4 is 6.21 Å². The first kappa shape index (κ1) is 6.59. The summed E-state index contributed by atoms with van der Waals surface area (Å²) in [4.78, 5) is 0. The molecule has 0 radical (unpaired) electrons. The van der Waals surface area contributed by atoms with Gasteiger partial charge < -0.3 is 0 Å². The number of hydrogen-bond acceptors (Lipinski definition) is 2. The van der Waals surface area contributed by atoms with Gasteiger partial charge in [-0.1, -0.05) is 13.3 Å². The summed E-state index contributed by atoms with van der Waals surface area (Å²) in [5.74, 6) is 0. The third-order valence-corrected chi connectivity index (χ3v) is 1.79. The topological polar surface area (TPSA) is 15.6 Å². The molecular weight excluding hydrogens is 112 g/mol. The minimum atomic E-state index is 0.690. The van der Waals surface area contributed by atoms with Crippen LogP contribution in [-0.4, -0.2) is 24.3 Å². The normalized spacial score (nSPS) is 25.6. The molecule has 1 heterocycles. The van der Waals surface area contributed by atoms with E-state index >= 15 is 0 Å². The van der Waals surface area contributed by atoms with E-state index in [0.717, 1.165) is 6.42 Å². The van der Waals surface area contributed by atoms with Gasteiger partial charge in [-0.3, -0.25) is 5.01 Å². The zero-order chi connectivity index (χ0) is 6.69. The standard InChI is InChI=1S/C7H14N2/c1-3-4-7-5-6-8-9(7)2/h6-7H,3-5H2,1-2H3. The maximum atomic E-state index is 4.14. The molecule has 0 fully saturated rings. The second-order valence-electron chi connectivity index (χ2n) is 2.55. The van der Waals surface area contributed by atoms with Crippen molar-refractivity contribution in [3.05, 3.63) is 0 Å². The lowest BCUT2D eigenvalue weighted by Gasteiger charge is -2.17. The number of nitrogens with zero attached hydrogens (tertiary/aromatic N) is 2. The molecule has 0 amide bonds. The molecule has 52 valence electrons. The highest BCUT2D eigenvalue weighted by Gasteiger charge is 2.14. The van der Waals surface area contributed by atoms with Crippen LogP contribution in [0.1, 0.15) is 26.2 Å². The quantitative estimate of drug-likeness (QED) is 0.547. The van der Waals surface area contributed by atoms with Crippen LogP contribution in [0.25, 0.3) is 0 Å². The van der Waals surface area contributed by atoms with Gasteiger partial charge in [-0.25, -0.2) is 0 Å². The zero-order valence-electron chi connectivity index (χ0n) is 6.17. The van der Waals surface area contributed by atoms with Gasteiger partial charge in [0.2, 0.25) is 0 Å². The predicted molar refractivity (Wildman–Crippen MR) is 39.6 cm³/mol. The van der Waals surface area contributed by atoms with E-state index in [1.807, 2.05) is 13.3 Å². The molecule has 0 aromatic rings. The molecule has 0 N–H and O–H groups in total. The van der Waals surface area contributed by atoms with Crippen LogP contribution in [-0.2, 0) is 0 Å². The molecule has 1 unspecified atom stereocenters. The second-order valence-corrected chi connectivity index (χ2v) is 2.55. The van der Waals surface area contributed by atoms with E-state index in [-0.39, 0.29) is 0 Å². The van der Waals surface area contributed by atoms with Crippen LogP contribution in [0, 0.1) is 0 Å². The highest BCUT2D eigenvalue weighted by molar-refractivity contribution is 5.59. The van der Waals surface area contributed by atoms with Gasteiger partial charge in [0.15, 0.2) is 0 Å². The van der Waals surface area contributed by atoms with Crippen molar-refractivity contribution in [2.75, 3.05) is 7.05 Å². The molecule has 0 aromatic carbocycles. The smallest absolute Gasteiger partial charge is 0.0517 e. The third kappa shape index (κ3) is 1.44. The van der Waals surface area contributed by atoms with Gasteiger partial charge in [-0.2, -0.15) is 5.10 Å². The summed E-state index contributed by atoms with van der Waals surface area (Å²) < 4.78 is 0. The van der Waals surface area contributed by atoms with E-state index in [1.54, 1.807) is 0 Å². The van der Waals surface area contributed by atoms with Gasteiger partial charge in [-0.15, -0.1) is 0 Å². The van der Waals surface area contributed by atoms with Crippen molar-refractivity contribution in [1.29, 1.82) is 0 Å². The molecule has 0 saturated heterocycles. The van der Waals surface area contributed by atoms with Gasteiger partial charge in [0, 0.05) is 19.7 Å². The van der Waals surface area contributed by atoms with Crippen molar-refractivity contribution < 1.29 is 0 Å². The van der Waals surface area contributed by atoms with E-state index in [0.29, 0.717) is 6.04 Å². The first-order valence-electron chi connectivity index (χ1n) is 3.60. The summed E-state index contributed by atoms with van der Waals surface area (Å²) >= 11 is 0. The Morgan fingerprint density at radius 3 is 3.00 bits per heavy atom. The summed E-state index contributed by atoms with van der Waals surface area (Å²) in [6, 6.07) is 0.690. The Bertz CT molecular complexity index is 109. The fourth-order valence-corrected chi connectivity index (χ4v) is 1.18. The second kappa shape index (κ2) is 2.85. The molecule has 0 aliphatic carbocycles. The lowest BCUT2D eigenvalue weighted by Crippen LogP contribution is -2.21. The van der Waals surface area contributed by atoms with Crippen molar-refractivity contribution in [2.24, 2.45) is 5.10 Å². The van der Waals surface area contributed by atoms with Crippen LogP contribution in [0.5, 0.6) is 0 Å². The van der Waals surface area contributed by atoms with Crippen LogP contribution >= 0.6 is 0 Å². The van der Waals surface area contributed by atoms with Crippen molar-refractivity contribution in [1.82, 2.24) is 5.01 Å². The minimum Gasteiger partial charge on any atom is -0.297 e. The van der Waals surface area contributed by atoms with E-state index in [1.165, 1.54) is 12.8 Å². The van der Waals surface area contributed by atoms with Crippen molar-refractivity contribution in [3.63, 3.8) is 0 Å². The van der Waals surface area contributed by atoms with Gasteiger partial charge in [0.05, 0.1) is 6.04 Å². The Balaban J connectivity index is 2.28. The Labute approximate surface area is 56.5 Å². The molecule has 2 nitrogen and oxygen atoms in total. The molecule has 1 rings (SSSR count). The molecule has 0 bridgehead atoms. The zero-order valence-corrected chi connectivity index (χ0v) is 6.17. The molecule has 0 saturated carbocycles. The summed E-state index contributed by atoms with van der Waals surface area (Å²) in [5, 5.41) is 6.20. The average molecular weight is 126 g/mol. The Morgan fingerprint density at radius 2 is 2.56 bits per heavy atom. The van der Waals surface area contributed by atoms with E-state index in [2.05, 4.69) is 17.0 Å². The maximum Gasteiger partial charge on any atom is 0.0517 e. The van der Waals surface area contributed by atoms with Crippen LogP contribution < -0.4 is 0 Å². The lowest BCUT2D eigenvalue weighted by molar-refractivity contribution is 0.269. The molecule has 1 atom stereocenters. The van der Waals surface area contributed by atoms with Crippen LogP contribution in [0.4, 0.5) is 0 Å². The third-order valence-electron chi connectivity index (χ3n) is 1.79. The molecule has 9 heavy (non-hydrogen) atoms. The van der Waals surface area contributed by atoms with E-state index in [9.17, 15) is 0 Å². The number of rotatable bonds is 2. The SMILES string of the molecule is CCCC1CC=NN1C. The predicted octanol–water partition coefficient (Wildman–Crippen LogP) is 1.48. The molecule has 0 spiro atoms. The highest BCUT2D eigenvalue weighted by atomic mass is 15.5. The molecule has 2 heteroatoms. The highest BCUT2D eigenvalue weighted by Crippen LogP contribution is 2.12. The monoisotopic (exact) mass is 126 g/mol. The van der Waals surface area contributed by atoms with Gasteiger partial charge in [-0.05, 0) is 6.42 Å². The van der Waals surface area contributed by atoms with Crippen LogP contribution in [0.2, 0.25) is 0 Å². The van der Waals surface area contributed by atoms with E-state index < -0.39 is 0 Å². The summed E-state index contributed by atoms with van der Waals surface area (Å²) in [7, 11) is 2.05. The fourth-order valence-electron chi connectivity index (χ4n) is 1.18. The van der Waals surface area contributed by atoms with E-state index in [4.69, 9.17) is 0 Å². The first-order chi connectivity index (χ1) is 4.34. The molecule has 1 aliphatic rings. The van der Waals surface area contributed by atoms with Gasteiger partial charge >= 0.3 is 0 Å². The van der Waals surface area contributed by atoms with Crippen molar-refractivity contribution in [2.45, 2.75) is 32.2 Å². The fraction of sp³-hybridized carbons (Fsp3) is 0.857. The number of hydrogen-bond donors (Lipinski definition) is 0. The largest absolute Gasteiger partial charge is 0.297 e. The molecule has 1 aliphatic heterocycles. The first-order valence-corrected chi connectivity index (χ1v) is 3.60. The van der Waals surface area contributed by atoms with Gasteiger partial charge in [0.25, 0.3) is 0 Å². The van der Waals surface area contributed by atoms with Crippen LogP contribution in [0.3, 0.4) is 0 Å². The van der Waals surface area contributed by atoms with Crippen LogP contribution in [0.15, 0.2) is 5.10 Å². The summed E-state index contributed by atoms with van der Waals surface area (Å²) in [6.45, 7) is 2.21. The molecular formula is C7H14N2. The Hall–Kier alpha value is -0.530. The Kier molecular flexibility index (Phi) is 2.09. The minimum absolute atomic E-state index is 0.690. The summed E-state index contributed by atoms with van der Waals surface area (Å²) in [5.41, 5.74) is 0. The maximum absolute atomic E-state index is 4.14. The summed E-state index contributed by atoms with van der Waals surface area (Å²) in [6.07, 6.45) is 5.68. The number of hydrazone groups is 1.